The van der Waals surface area contributed by atoms with Crippen LogP contribution in [-0.2, 0) is 39.8 Å². The van der Waals surface area contributed by atoms with Crippen LogP contribution >= 0.6 is 0 Å². The average Bonchev–Trinajstić information content (AvgIpc) is 3.52. The highest BCUT2D eigenvalue weighted by Gasteiger charge is 2.45. The number of rotatable bonds is 17. The molecule has 0 radical (unpaired) electrons. The number of aryl methyl sites for hydroxylation is 1. The highest BCUT2D eigenvalue weighted by molar-refractivity contribution is 5.92. The van der Waals surface area contributed by atoms with Crippen molar-refractivity contribution < 1.29 is 31.9 Å². The molecular weight excluding hydrogens is 700 g/mol. The van der Waals surface area contributed by atoms with Crippen LogP contribution in [0.2, 0.25) is 0 Å². The predicted molar refractivity (Wildman–Crippen MR) is 203 cm³/mol. The molecule has 5 N–H and O–H groups in total. The number of nitrogens with zero attached hydrogens (tertiary/aromatic N) is 1. The van der Waals surface area contributed by atoms with Crippen molar-refractivity contribution in [2.75, 3.05) is 45.9 Å². The van der Waals surface area contributed by atoms with Gasteiger partial charge in [-0.3, -0.25) is 14.5 Å². The second-order valence-corrected chi connectivity index (χ2v) is 15.0. The van der Waals surface area contributed by atoms with Gasteiger partial charge in [0.1, 0.15) is 11.4 Å². The van der Waals surface area contributed by atoms with Crippen molar-refractivity contribution in [1.82, 2.24) is 31.2 Å². The second kappa shape index (κ2) is 18.1. The third-order valence-corrected chi connectivity index (χ3v) is 11.4. The van der Waals surface area contributed by atoms with Crippen LogP contribution in [0.3, 0.4) is 0 Å². The van der Waals surface area contributed by atoms with E-state index in [1.165, 1.54) is 12.1 Å². The van der Waals surface area contributed by atoms with Gasteiger partial charge in [0.2, 0.25) is 11.8 Å². The van der Waals surface area contributed by atoms with Crippen LogP contribution in [0.15, 0.2) is 54.7 Å². The van der Waals surface area contributed by atoms with Crippen molar-refractivity contribution in [3.63, 3.8) is 0 Å². The van der Waals surface area contributed by atoms with Crippen molar-refractivity contribution in [3.8, 4) is 0 Å². The zero-order chi connectivity index (χ0) is 39.0. The summed E-state index contributed by atoms with van der Waals surface area (Å²) in [5, 5.41) is 13.8. The molecule has 1 aliphatic heterocycles. The van der Waals surface area contributed by atoms with Gasteiger partial charge in [-0.1, -0.05) is 77.4 Å². The van der Waals surface area contributed by atoms with Gasteiger partial charge in [0, 0.05) is 62.0 Å². The fourth-order valence-corrected chi connectivity index (χ4v) is 7.60. The largest absolute Gasteiger partial charge is 0.418 e. The van der Waals surface area contributed by atoms with E-state index in [4.69, 9.17) is 4.74 Å². The minimum absolute atomic E-state index is 0.00451. The maximum absolute atomic E-state index is 14.8. The molecule has 54 heavy (non-hydrogen) atoms. The lowest BCUT2D eigenvalue weighted by molar-refractivity contribution is -0.136. The second-order valence-electron chi connectivity index (χ2n) is 15.0. The molecular formula is C41H56F4N6O3. The summed E-state index contributed by atoms with van der Waals surface area (Å²) in [5.74, 6) is -1.14. The summed E-state index contributed by atoms with van der Waals surface area (Å²) in [6.07, 6.45) is -2.56. The highest BCUT2D eigenvalue weighted by Crippen LogP contribution is 2.40. The number of morpholine rings is 1. The molecule has 2 aromatic carbocycles. The molecule has 13 heteroatoms. The number of ether oxygens (including phenoxy) is 1. The van der Waals surface area contributed by atoms with Crippen molar-refractivity contribution in [3.05, 3.63) is 82.9 Å². The number of H-pyrrole nitrogens is 1. The van der Waals surface area contributed by atoms with E-state index >= 15 is 0 Å². The van der Waals surface area contributed by atoms with E-state index in [0.29, 0.717) is 54.9 Å². The zero-order valence-corrected chi connectivity index (χ0v) is 31.9. The van der Waals surface area contributed by atoms with E-state index < -0.39 is 35.0 Å². The number of fused-ring (bicyclic) bond motifs is 3. The summed E-state index contributed by atoms with van der Waals surface area (Å²) in [6, 6.07) is 9.38. The first-order valence-corrected chi connectivity index (χ1v) is 19.3. The van der Waals surface area contributed by atoms with E-state index in [9.17, 15) is 27.2 Å². The van der Waals surface area contributed by atoms with E-state index in [-0.39, 0.29) is 54.1 Å². The number of para-hydroxylation sites is 1. The van der Waals surface area contributed by atoms with Gasteiger partial charge in [0.15, 0.2) is 0 Å². The van der Waals surface area contributed by atoms with E-state index in [1.54, 1.807) is 24.3 Å². The SMILES string of the molecule is C=C(N[C@]1(C(=O)N[C@H](CNCCN2CCOCC2)C(C)CC)CCc2[nH]c3c(C(F)(F)F)cccc3c2C1)[C@@H](NC(=O)Cc1ccccc1F)C(C)CC. The van der Waals surface area contributed by atoms with Crippen molar-refractivity contribution in [1.29, 1.82) is 0 Å². The highest BCUT2D eigenvalue weighted by atomic mass is 19.4. The standard InChI is InChI=1S/C41H56F4N6O3/c1-6-26(3)35(25-46-17-18-51-19-21-54-22-20-51)48-39(53)40(16-15-34-31(24-40)30-12-10-13-32(38(30)47-34)41(43,44)45)50-28(5)37(27(4)7-2)49-36(52)23-29-11-8-9-14-33(29)42/h8-14,26-27,35,37,46-47,50H,5-7,15-25H2,1-4H3,(H,48,53)(H,49,52)/t26?,27?,35-,37+,40-/m1/s1. The Kier molecular flexibility index (Phi) is 13.8. The van der Waals surface area contributed by atoms with Gasteiger partial charge < -0.3 is 31.0 Å². The monoisotopic (exact) mass is 756 g/mol. The molecule has 296 valence electrons. The maximum atomic E-state index is 14.8. The smallest absolute Gasteiger partial charge is 0.379 e. The number of amides is 2. The van der Waals surface area contributed by atoms with Gasteiger partial charge >= 0.3 is 6.18 Å². The number of hydrogen-bond donors (Lipinski definition) is 5. The molecule has 0 bridgehead atoms. The third-order valence-electron chi connectivity index (χ3n) is 11.4. The number of carbonyl (C=O) groups is 2. The third kappa shape index (κ3) is 9.83. The molecule has 1 saturated heterocycles. The first-order valence-electron chi connectivity index (χ1n) is 19.3. The number of nitrogens with one attached hydrogen (secondary N) is 5. The van der Waals surface area contributed by atoms with Crippen LogP contribution < -0.4 is 21.3 Å². The Hall–Kier alpha value is -3.94. The number of halogens is 4. The summed E-state index contributed by atoms with van der Waals surface area (Å²) in [5.41, 5.74) is -0.0676. The van der Waals surface area contributed by atoms with Crippen LogP contribution in [0.25, 0.3) is 10.9 Å². The van der Waals surface area contributed by atoms with Crippen LogP contribution in [-0.4, -0.2) is 85.3 Å². The fourth-order valence-electron chi connectivity index (χ4n) is 7.60. The van der Waals surface area contributed by atoms with Crippen LogP contribution in [0, 0.1) is 17.7 Å². The van der Waals surface area contributed by atoms with E-state index in [2.05, 4.69) is 51.6 Å². The lowest BCUT2D eigenvalue weighted by atomic mass is 9.77. The topological polar surface area (TPSA) is 111 Å². The Labute approximate surface area is 316 Å². The number of aromatic nitrogens is 1. The molecule has 1 aromatic heterocycles. The van der Waals surface area contributed by atoms with Gasteiger partial charge in [-0.15, -0.1) is 0 Å². The molecule has 0 spiro atoms. The number of aromatic amines is 1. The van der Waals surface area contributed by atoms with Crippen LogP contribution in [0.5, 0.6) is 0 Å². The number of benzene rings is 2. The Morgan fingerprint density at radius 2 is 1.74 bits per heavy atom. The minimum Gasteiger partial charge on any atom is -0.379 e. The van der Waals surface area contributed by atoms with Crippen molar-refractivity contribution in [2.24, 2.45) is 11.8 Å². The molecule has 0 saturated carbocycles. The van der Waals surface area contributed by atoms with Gasteiger partial charge in [0.25, 0.3) is 0 Å². The molecule has 2 unspecified atom stereocenters. The first-order chi connectivity index (χ1) is 25.8. The number of carbonyl (C=O) groups excluding carboxylic acids is 2. The molecule has 2 aliphatic rings. The van der Waals surface area contributed by atoms with Crippen LogP contribution in [0.4, 0.5) is 17.6 Å². The van der Waals surface area contributed by atoms with Gasteiger partial charge in [-0.25, -0.2) is 4.39 Å². The van der Waals surface area contributed by atoms with E-state index in [1.807, 2.05) is 13.8 Å². The summed E-state index contributed by atoms with van der Waals surface area (Å²) >= 11 is 0. The van der Waals surface area contributed by atoms with E-state index in [0.717, 1.165) is 38.7 Å². The van der Waals surface area contributed by atoms with Gasteiger partial charge in [0.05, 0.1) is 36.8 Å². The van der Waals surface area contributed by atoms with Crippen molar-refractivity contribution in [2.45, 2.75) is 90.0 Å². The molecule has 9 nitrogen and oxygen atoms in total. The Balaban J connectivity index is 1.43. The Morgan fingerprint density at radius 1 is 1.02 bits per heavy atom. The minimum atomic E-state index is -4.56. The summed E-state index contributed by atoms with van der Waals surface area (Å²) in [4.78, 5) is 33.6. The predicted octanol–water partition coefficient (Wildman–Crippen LogP) is 5.88. The van der Waals surface area contributed by atoms with Gasteiger partial charge in [-0.05, 0) is 47.9 Å². The Morgan fingerprint density at radius 3 is 2.43 bits per heavy atom. The quantitative estimate of drug-likeness (QED) is 0.0870. The van der Waals surface area contributed by atoms with Gasteiger partial charge in [-0.2, -0.15) is 13.2 Å². The molecule has 2 amide bonds. The number of hydrogen-bond acceptors (Lipinski definition) is 6. The summed E-state index contributed by atoms with van der Waals surface area (Å²) in [6.45, 7) is 17.8. The molecule has 2 heterocycles. The summed E-state index contributed by atoms with van der Waals surface area (Å²) in [7, 11) is 0. The maximum Gasteiger partial charge on any atom is 0.418 e. The molecule has 1 aliphatic carbocycles. The lowest BCUT2D eigenvalue weighted by Crippen LogP contribution is -2.64. The normalized spacial score (nSPS) is 20.1. The summed E-state index contributed by atoms with van der Waals surface area (Å²) < 4.78 is 62.2. The Bertz CT molecular complexity index is 1760. The average molecular weight is 757 g/mol. The zero-order valence-electron chi connectivity index (χ0n) is 31.9. The van der Waals surface area contributed by atoms with Crippen LogP contribution in [0.1, 0.15) is 69.3 Å². The molecule has 3 aromatic rings. The van der Waals surface area contributed by atoms with Crippen molar-refractivity contribution >= 4 is 22.7 Å². The first kappa shape index (κ1) is 41.2. The molecule has 1 fully saturated rings. The molecule has 5 rings (SSSR count). The lowest BCUT2D eigenvalue weighted by Gasteiger charge is -2.42. The number of alkyl halides is 3. The fraction of sp³-hybridized carbons (Fsp3) is 0.561. The molecule has 5 atom stereocenters.